The van der Waals surface area contributed by atoms with E-state index in [4.69, 9.17) is 11.6 Å². The van der Waals surface area contributed by atoms with Gasteiger partial charge in [-0.15, -0.1) is 11.3 Å². The van der Waals surface area contributed by atoms with E-state index in [-0.39, 0.29) is 5.56 Å². The molecule has 0 bridgehead atoms. The predicted molar refractivity (Wildman–Crippen MR) is 97.3 cm³/mol. The number of halogens is 1. The van der Waals surface area contributed by atoms with Gasteiger partial charge < -0.3 is 0 Å². The Morgan fingerprint density at radius 3 is 2.44 bits per heavy atom. The lowest BCUT2D eigenvalue weighted by Gasteiger charge is -2.09. The van der Waals surface area contributed by atoms with Crippen molar-refractivity contribution in [2.75, 3.05) is 0 Å². The minimum Gasteiger partial charge on any atom is -0.294 e. The van der Waals surface area contributed by atoms with E-state index >= 15 is 0 Å². The fourth-order valence-corrected chi connectivity index (χ4v) is 3.48. The Kier molecular flexibility index (Phi) is 4.87. The number of hydrazine groups is 1. The summed E-state index contributed by atoms with van der Waals surface area (Å²) in [6, 6.07) is 8.38. The van der Waals surface area contributed by atoms with Crippen LogP contribution in [0.1, 0.15) is 32.1 Å². The van der Waals surface area contributed by atoms with E-state index in [2.05, 4.69) is 15.8 Å². The number of aryl methyl sites for hydroxylation is 1. The normalized spacial score (nSPS) is 10.5. The van der Waals surface area contributed by atoms with Gasteiger partial charge in [-0.3, -0.25) is 25.0 Å². The Morgan fingerprint density at radius 1 is 1.12 bits per heavy atom. The molecule has 0 fully saturated rings. The Bertz CT molecular complexity index is 934. The number of benzene rings is 1. The summed E-state index contributed by atoms with van der Waals surface area (Å²) < 4.78 is 1.90. The fraction of sp³-hybridized carbons (Fsp3) is 0.118. The van der Waals surface area contributed by atoms with E-state index in [1.54, 1.807) is 36.5 Å². The quantitative estimate of drug-likeness (QED) is 0.691. The second-order valence-corrected chi connectivity index (χ2v) is 6.60. The maximum Gasteiger partial charge on any atom is 0.271 e. The summed E-state index contributed by atoms with van der Waals surface area (Å²) in [6.45, 7) is 3.73. The smallest absolute Gasteiger partial charge is 0.271 e. The van der Waals surface area contributed by atoms with Crippen molar-refractivity contribution in [2.24, 2.45) is 0 Å². The van der Waals surface area contributed by atoms with Crippen molar-refractivity contribution in [3.05, 3.63) is 69.4 Å². The van der Waals surface area contributed by atoms with Gasteiger partial charge in [-0.2, -0.15) is 0 Å². The molecule has 0 unspecified atom stereocenters. The first kappa shape index (κ1) is 17.2. The van der Waals surface area contributed by atoms with Crippen molar-refractivity contribution in [2.45, 2.75) is 13.8 Å². The van der Waals surface area contributed by atoms with Crippen molar-refractivity contribution < 1.29 is 9.59 Å². The van der Waals surface area contributed by atoms with Gasteiger partial charge in [0.2, 0.25) is 0 Å². The average Bonchev–Trinajstić information content (AvgIpc) is 3.20. The van der Waals surface area contributed by atoms with Crippen molar-refractivity contribution in [1.29, 1.82) is 0 Å². The molecule has 3 aromatic rings. The van der Waals surface area contributed by atoms with Crippen LogP contribution in [0.15, 0.2) is 41.9 Å². The number of carbonyl (C=O) groups excluding carboxylic acids is 2. The van der Waals surface area contributed by atoms with Crippen molar-refractivity contribution >= 4 is 34.8 Å². The molecule has 6 nitrogen and oxygen atoms in total. The molecule has 0 spiro atoms. The molecule has 0 atom stereocenters. The molecule has 0 radical (unpaired) electrons. The number of amides is 2. The summed E-state index contributed by atoms with van der Waals surface area (Å²) in [5.74, 6) is -0.885. The number of nitrogens with one attached hydrogen (secondary N) is 2. The molecule has 3 rings (SSSR count). The number of aromatic nitrogens is 2. The first-order chi connectivity index (χ1) is 12.0. The van der Waals surface area contributed by atoms with Crippen LogP contribution in [0.3, 0.4) is 0 Å². The first-order valence-corrected chi connectivity index (χ1v) is 8.69. The van der Waals surface area contributed by atoms with E-state index in [9.17, 15) is 9.59 Å². The van der Waals surface area contributed by atoms with Crippen LogP contribution in [-0.4, -0.2) is 21.4 Å². The van der Waals surface area contributed by atoms with Crippen LogP contribution < -0.4 is 10.9 Å². The van der Waals surface area contributed by atoms with Crippen molar-refractivity contribution in [1.82, 2.24) is 20.4 Å². The van der Waals surface area contributed by atoms with Gasteiger partial charge in [0, 0.05) is 23.0 Å². The Morgan fingerprint density at radius 2 is 1.80 bits per heavy atom. The molecule has 2 N–H and O–H groups in total. The highest BCUT2D eigenvalue weighted by atomic mass is 35.5. The van der Waals surface area contributed by atoms with Gasteiger partial charge in [0.25, 0.3) is 11.8 Å². The molecule has 2 heterocycles. The highest BCUT2D eigenvalue weighted by Gasteiger charge is 2.18. The fourth-order valence-electron chi connectivity index (χ4n) is 2.51. The van der Waals surface area contributed by atoms with Gasteiger partial charge in [0.05, 0.1) is 16.1 Å². The maximum atomic E-state index is 12.4. The van der Waals surface area contributed by atoms with Crippen LogP contribution in [0.4, 0.5) is 0 Å². The number of hydrogen-bond donors (Lipinski definition) is 2. The molecule has 0 aliphatic rings. The molecular formula is C17H15ClN4O2S. The third kappa shape index (κ3) is 3.42. The number of thiazole rings is 1. The van der Waals surface area contributed by atoms with E-state index < -0.39 is 11.8 Å². The van der Waals surface area contributed by atoms with Gasteiger partial charge in [-0.1, -0.05) is 23.7 Å². The summed E-state index contributed by atoms with van der Waals surface area (Å²) in [7, 11) is 0. The molecule has 25 heavy (non-hydrogen) atoms. The molecule has 2 aromatic heterocycles. The molecule has 2 amide bonds. The highest BCUT2D eigenvalue weighted by molar-refractivity contribution is 7.12. The molecule has 1 aromatic carbocycles. The zero-order valence-electron chi connectivity index (χ0n) is 13.5. The Labute approximate surface area is 153 Å². The predicted octanol–water partition coefficient (Wildman–Crippen LogP) is 3.28. The molecule has 0 aliphatic carbocycles. The van der Waals surface area contributed by atoms with Gasteiger partial charge in [-0.25, -0.2) is 4.98 Å². The molecule has 0 saturated carbocycles. The number of nitrogens with zero attached hydrogens (tertiary/aromatic N) is 2. The number of hydrogen-bond acceptors (Lipinski definition) is 4. The van der Waals surface area contributed by atoms with Crippen LogP contribution in [-0.2, 0) is 0 Å². The van der Waals surface area contributed by atoms with Gasteiger partial charge in [0.1, 0.15) is 0 Å². The van der Waals surface area contributed by atoms with Gasteiger partial charge in [0.15, 0.2) is 5.13 Å². The number of rotatable bonds is 3. The first-order valence-electron chi connectivity index (χ1n) is 7.43. The lowest BCUT2D eigenvalue weighted by Crippen LogP contribution is -2.41. The minimum absolute atomic E-state index is 0.290. The van der Waals surface area contributed by atoms with Crippen LogP contribution in [0.25, 0.3) is 5.13 Å². The zero-order valence-corrected chi connectivity index (χ0v) is 15.1. The van der Waals surface area contributed by atoms with Crippen LogP contribution >= 0.6 is 22.9 Å². The second-order valence-electron chi connectivity index (χ2n) is 5.32. The minimum atomic E-state index is -0.479. The van der Waals surface area contributed by atoms with E-state index in [0.717, 1.165) is 16.5 Å². The van der Waals surface area contributed by atoms with E-state index in [1.807, 2.05) is 23.8 Å². The van der Waals surface area contributed by atoms with Gasteiger partial charge >= 0.3 is 0 Å². The summed E-state index contributed by atoms with van der Waals surface area (Å²) in [4.78, 5) is 28.8. The van der Waals surface area contributed by atoms with Crippen LogP contribution in [0.2, 0.25) is 5.02 Å². The Balaban J connectivity index is 1.75. The lowest BCUT2D eigenvalue weighted by atomic mass is 10.2. The zero-order chi connectivity index (χ0) is 18.0. The monoisotopic (exact) mass is 374 g/mol. The van der Waals surface area contributed by atoms with Gasteiger partial charge in [-0.05, 0) is 32.0 Å². The summed E-state index contributed by atoms with van der Waals surface area (Å²) in [5.41, 5.74) is 7.19. The second kappa shape index (κ2) is 7.08. The third-order valence-electron chi connectivity index (χ3n) is 3.69. The maximum absolute atomic E-state index is 12.4. The Hall–Kier alpha value is -2.64. The standard InChI is InChI=1S/C17H15ClN4O2S/c1-10-9-13(11(2)22(10)17-19-7-8-25-17)16(24)21-20-15(23)12-5-3-4-6-14(12)18/h3-9H,1-2H3,(H,20,23)(H,21,24). The van der Waals surface area contributed by atoms with E-state index in [0.29, 0.717) is 10.6 Å². The summed E-state index contributed by atoms with van der Waals surface area (Å²) in [6.07, 6.45) is 1.71. The molecule has 0 saturated heterocycles. The molecule has 128 valence electrons. The number of carbonyl (C=O) groups is 2. The third-order valence-corrected chi connectivity index (χ3v) is 4.78. The molecule has 0 aliphatic heterocycles. The average molecular weight is 375 g/mol. The van der Waals surface area contributed by atoms with E-state index in [1.165, 1.54) is 11.3 Å². The van der Waals surface area contributed by atoms with Crippen LogP contribution in [0.5, 0.6) is 0 Å². The van der Waals surface area contributed by atoms with Crippen molar-refractivity contribution in [3.63, 3.8) is 0 Å². The SMILES string of the molecule is Cc1cc(C(=O)NNC(=O)c2ccccc2Cl)c(C)n1-c1nccs1. The lowest BCUT2D eigenvalue weighted by molar-refractivity contribution is 0.0846. The topological polar surface area (TPSA) is 76.0 Å². The highest BCUT2D eigenvalue weighted by Crippen LogP contribution is 2.22. The van der Waals surface area contributed by atoms with Crippen LogP contribution in [0, 0.1) is 13.8 Å². The largest absolute Gasteiger partial charge is 0.294 e. The summed E-state index contributed by atoms with van der Waals surface area (Å²) >= 11 is 7.46. The molecule has 8 heteroatoms. The summed E-state index contributed by atoms with van der Waals surface area (Å²) in [5, 5.41) is 2.97. The van der Waals surface area contributed by atoms with Crippen molar-refractivity contribution in [3.8, 4) is 5.13 Å². The molecular weight excluding hydrogens is 360 g/mol.